The van der Waals surface area contributed by atoms with Crippen molar-refractivity contribution in [2.75, 3.05) is 0 Å². The molecule has 3 heteroatoms. The van der Waals surface area contributed by atoms with E-state index in [9.17, 15) is 13.2 Å². The first kappa shape index (κ1) is 16.9. The van der Waals surface area contributed by atoms with Crippen molar-refractivity contribution in [2.45, 2.75) is 13.8 Å². The van der Waals surface area contributed by atoms with Gasteiger partial charge < -0.3 is 0 Å². The van der Waals surface area contributed by atoms with Crippen LogP contribution in [0.15, 0.2) is 54.6 Å². The summed E-state index contributed by atoms with van der Waals surface area (Å²) in [6, 6.07) is 14.8. The van der Waals surface area contributed by atoms with Crippen LogP contribution in [0.5, 0.6) is 0 Å². The van der Waals surface area contributed by atoms with Crippen molar-refractivity contribution in [3.63, 3.8) is 0 Å². The van der Waals surface area contributed by atoms with Gasteiger partial charge >= 0.3 is 0 Å². The zero-order valence-corrected chi connectivity index (χ0v) is 13.8. The molecular weight excluding hydrogens is 321 g/mol. The summed E-state index contributed by atoms with van der Waals surface area (Å²) < 4.78 is 41.4. The van der Waals surface area contributed by atoms with Gasteiger partial charge in [-0.2, -0.15) is 0 Å². The van der Waals surface area contributed by atoms with E-state index in [1.54, 1.807) is 12.1 Å². The van der Waals surface area contributed by atoms with Crippen LogP contribution >= 0.6 is 0 Å². The molecule has 0 aromatic heterocycles. The van der Waals surface area contributed by atoms with E-state index in [0.29, 0.717) is 0 Å². The van der Waals surface area contributed by atoms with Crippen molar-refractivity contribution in [1.82, 2.24) is 0 Å². The van der Waals surface area contributed by atoms with Crippen LogP contribution in [0.4, 0.5) is 13.2 Å². The van der Waals surface area contributed by atoms with Gasteiger partial charge in [0.2, 0.25) is 0 Å². The van der Waals surface area contributed by atoms with Crippen molar-refractivity contribution in [2.24, 2.45) is 0 Å². The first-order valence-corrected chi connectivity index (χ1v) is 7.78. The molecular formula is C22H15F3. The third-order valence-corrected chi connectivity index (χ3v) is 3.98. The maximum atomic E-state index is 14.3. The quantitative estimate of drug-likeness (QED) is 0.494. The maximum absolute atomic E-state index is 14.3. The Hall–Kier alpha value is -2.99. The topological polar surface area (TPSA) is 0 Å². The summed E-state index contributed by atoms with van der Waals surface area (Å²) in [6.07, 6.45) is 0. The lowest BCUT2D eigenvalue weighted by Crippen LogP contribution is -1.91. The van der Waals surface area contributed by atoms with Gasteiger partial charge in [-0.1, -0.05) is 47.7 Å². The molecule has 0 aliphatic rings. The Labute approximate surface area is 145 Å². The highest BCUT2D eigenvalue weighted by Crippen LogP contribution is 2.22. The zero-order valence-electron chi connectivity index (χ0n) is 13.8. The van der Waals surface area contributed by atoms with Crippen molar-refractivity contribution in [3.05, 3.63) is 94.3 Å². The van der Waals surface area contributed by atoms with Crippen LogP contribution in [0, 0.1) is 43.1 Å². The van der Waals surface area contributed by atoms with Crippen LogP contribution < -0.4 is 0 Å². The molecule has 0 unspecified atom stereocenters. The molecule has 0 fully saturated rings. The Morgan fingerprint density at radius 2 is 1.24 bits per heavy atom. The average molecular weight is 336 g/mol. The summed E-state index contributed by atoms with van der Waals surface area (Å²) in [5, 5.41) is 0. The molecule has 0 heterocycles. The molecule has 0 saturated carbocycles. The molecule has 0 aliphatic heterocycles. The average Bonchev–Trinajstić information content (AvgIpc) is 2.59. The first-order valence-electron chi connectivity index (χ1n) is 7.78. The summed E-state index contributed by atoms with van der Waals surface area (Å²) >= 11 is 0. The van der Waals surface area contributed by atoms with Crippen LogP contribution in [0.2, 0.25) is 0 Å². The van der Waals surface area contributed by atoms with Gasteiger partial charge in [0, 0.05) is 11.1 Å². The lowest BCUT2D eigenvalue weighted by molar-refractivity contribution is 0.567. The largest absolute Gasteiger partial charge is 0.207 e. The van der Waals surface area contributed by atoms with Gasteiger partial charge in [0.25, 0.3) is 0 Å². The minimum Gasteiger partial charge on any atom is -0.207 e. The molecule has 3 aromatic rings. The molecule has 3 rings (SSSR count). The lowest BCUT2D eigenvalue weighted by atomic mass is 10.0. The number of aryl methyl sites for hydroxylation is 1. The standard InChI is InChI=1S/C22H15F3/c1-14-3-6-17(7-4-14)19-10-9-18(22(25)13-19)8-5-16-11-20(23)15(2)21(24)12-16/h3-4,6-7,9-13H,1-2H3. The highest BCUT2D eigenvalue weighted by Gasteiger charge is 2.06. The molecule has 0 saturated heterocycles. The van der Waals surface area contributed by atoms with Crippen LogP contribution in [-0.2, 0) is 0 Å². The molecule has 0 radical (unpaired) electrons. The highest BCUT2D eigenvalue weighted by atomic mass is 19.1. The van der Waals surface area contributed by atoms with E-state index in [2.05, 4.69) is 11.8 Å². The van der Waals surface area contributed by atoms with E-state index in [-0.39, 0.29) is 16.7 Å². The Morgan fingerprint density at radius 1 is 0.640 bits per heavy atom. The van der Waals surface area contributed by atoms with E-state index in [1.807, 2.05) is 31.2 Å². The first-order chi connectivity index (χ1) is 11.9. The summed E-state index contributed by atoms with van der Waals surface area (Å²) in [5.41, 5.74) is 3.07. The van der Waals surface area contributed by atoms with Gasteiger partial charge in [-0.15, -0.1) is 0 Å². The minimum atomic E-state index is -0.667. The van der Waals surface area contributed by atoms with Crippen LogP contribution in [0.25, 0.3) is 11.1 Å². The smallest absolute Gasteiger partial charge is 0.139 e. The maximum Gasteiger partial charge on any atom is 0.139 e. The van der Waals surface area contributed by atoms with Crippen molar-refractivity contribution in [1.29, 1.82) is 0 Å². The van der Waals surface area contributed by atoms with Gasteiger partial charge in [0.15, 0.2) is 0 Å². The number of hydrogen-bond acceptors (Lipinski definition) is 0. The van der Waals surface area contributed by atoms with Gasteiger partial charge in [-0.25, -0.2) is 13.2 Å². The Balaban J connectivity index is 1.91. The van der Waals surface area contributed by atoms with Crippen molar-refractivity contribution >= 4 is 0 Å². The van der Waals surface area contributed by atoms with E-state index in [4.69, 9.17) is 0 Å². The van der Waals surface area contributed by atoms with Crippen molar-refractivity contribution < 1.29 is 13.2 Å². The summed E-state index contributed by atoms with van der Waals surface area (Å²) in [6.45, 7) is 3.34. The number of halogens is 3. The monoisotopic (exact) mass is 336 g/mol. The Bertz CT molecular complexity index is 967. The molecule has 0 bridgehead atoms. The molecule has 0 N–H and O–H groups in total. The summed E-state index contributed by atoms with van der Waals surface area (Å²) in [7, 11) is 0. The predicted molar refractivity (Wildman–Crippen MR) is 93.6 cm³/mol. The van der Waals surface area contributed by atoms with Crippen LogP contribution in [0.1, 0.15) is 22.3 Å². The fourth-order valence-corrected chi connectivity index (χ4v) is 2.40. The third kappa shape index (κ3) is 3.75. The fourth-order valence-electron chi connectivity index (χ4n) is 2.40. The highest BCUT2D eigenvalue weighted by molar-refractivity contribution is 5.65. The summed E-state index contributed by atoms with van der Waals surface area (Å²) in [4.78, 5) is 0. The fraction of sp³-hybridized carbons (Fsp3) is 0.0909. The normalized spacial score (nSPS) is 10.3. The number of rotatable bonds is 1. The molecule has 0 aliphatic carbocycles. The van der Waals surface area contributed by atoms with Gasteiger partial charge in [-0.05, 0) is 49.2 Å². The number of benzene rings is 3. The Kier molecular flexibility index (Phi) is 4.63. The second-order valence-corrected chi connectivity index (χ2v) is 5.88. The predicted octanol–water partition coefficient (Wildman–Crippen LogP) is 5.79. The van der Waals surface area contributed by atoms with E-state index >= 15 is 0 Å². The second kappa shape index (κ2) is 6.86. The second-order valence-electron chi connectivity index (χ2n) is 5.88. The molecule has 25 heavy (non-hydrogen) atoms. The minimum absolute atomic E-state index is 0.0563. The SMILES string of the molecule is Cc1ccc(-c2ccc(C#Cc3cc(F)c(C)c(F)c3)c(F)c2)cc1. The Morgan fingerprint density at radius 3 is 1.84 bits per heavy atom. The van der Waals surface area contributed by atoms with E-state index in [1.165, 1.54) is 13.0 Å². The van der Waals surface area contributed by atoms with E-state index in [0.717, 1.165) is 28.8 Å². The zero-order chi connectivity index (χ0) is 18.0. The third-order valence-electron chi connectivity index (χ3n) is 3.98. The van der Waals surface area contributed by atoms with Crippen LogP contribution in [-0.4, -0.2) is 0 Å². The molecule has 124 valence electrons. The van der Waals surface area contributed by atoms with Crippen LogP contribution in [0.3, 0.4) is 0 Å². The van der Waals surface area contributed by atoms with Gasteiger partial charge in [-0.3, -0.25) is 0 Å². The van der Waals surface area contributed by atoms with Gasteiger partial charge in [0.05, 0.1) is 5.56 Å². The molecule has 0 atom stereocenters. The molecule has 0 spiro atoms. The molecule has 0 amide bonds. The molecule has 0 nitrogen and oxygen atoms in total. The lowest BCUT2D eigenvalue weighted by Gasteiger charge is -2.04. The van der Waals surface area contributed by atoms with E-state index < -0.39 is 17.5 Å². The summed E-state index contributed by atoms with van der Waals surface area (Å²) in [5.74, 6) is 3.43. The van der Waals surface area contributed by atoms with Gasteiger partial charge in [0.1, 0.15) is 17.5 Å². The number of hydrogen-bond donors (Lipinski definition) is 0. The van der Waals surface area contributed by atoms with Crippen molar-refractivity contribution in [3.8, 4) is 23.0 Å². The molecule has 3 aromatic carbocycles.